The molecule has 0 saturated carbocycles. The molecule has 3 aromatic rings. The molecule has 0 fully saturated rings. The number of carbonyl (C=O) groups is 1. The van der Waals surface area contributed by atoms with Crippen molar-refractivity contribution in [2.24, 2.45) is 0 Å². The maximum atomic E-state index is 12.5. The van der Waals surface area contributed by atoms with Crippen molar-refractivity contribution in [2.45, 2.75) is 11.8 Å². The van der Waals surface area contributed by atoms with Gasteiger partial charge in [-0.1, -0.05) is 29.8 Å². The normalized spacial score (nSPS) is 10.4. The molecule has 0 bridgehead atoms. The molecule has 0 aliphatic carbocycles. The fraction of sp³-hybridized carbons (Fsp3) is 0.0952. The van der Waals surface area contributed by atoms with Crippen molar-refractivity contribution in [3.05, 3.63) is 89.5 Å². The molecule has 0 spiro atoms. The number of ether oxygens (including phenoxy) is 1. The van der Waals surface area contributed by atoms with Gasteiger partial charge < -0.3 is 4.74 Å². The van der Waals surface area contributed by atoms with Crippen LogP contribution >= 0.6 is 11.8 Å². The molecule has 0 unspecified atom stereocenters. The van der Waals surface area contributed by atoms with Crippen LogP contribution in [0.4, 0.5) is 0 Å². The highest BCUT2D eigenvalue weighted by Gasteiger charge is 2.09. The lowest BCUT2D eigenvalue weighted by molar-refractivity contribution is 0.103. The highest BCUT2D eigenvalue weighted by molar-refractivity contribution is 7.98. The molecule has 3 heteroatoms. The van der Waals surface area contributed by atoms with Crippen LogP contribution in [0.3, 0.4) is 0 Å². The Labute approximate surface area is 146 Å². The van der Waals surface area contributed by atoms with E-state index in [4.69, 9.17) is 4.74 Å². The second kappa shape index (κ2) is 7.37. The standard InChI is InChI=1S/C21H18O2S/c1-15-3-5-16(6-4-15)21(22)17-7-9-18(10-8-17)23-19-11-13-20(24-2)14-12-19/h3-14H,1-2H3. The van der Waals surface area contributed by atoms with E-state index < -0.39 is 0 Å². The minimum atomic E-state index is 0.0193. The molecule has 2 nitrogen and oxygen atoms in total. The lowest BCUT2D eigenvalue weighted by Gasteiger charge is -2.07. The van der Waals surface area contributed by atoms with Crippen LogP contribution in [0.2, 0.25) is 0 Å². The van der Waals surface area contributed by atoms with Gasteiger partial charge in [-0.15, -0.1) is 11.8 Å². The van der Waals surface area contributed by atoms with Crippen LogP contribution in [0.1, 0.15) is 21.5 Å². The Hall–Kier alpha value is -2.52. The van der Waals surface area contributed by atoms with Crippen LogP contribution in [-0.4, -0.2) is 12.0 Å². The zero-order valence-electron chi connectivity index (χ0n) is 13.7. The van der Waals surface area contributed by atoms with Gasteiger partial charge in [0.05, 0.1) is 0 Å². The predicted octanol–water partition coefficient (Wildman–Crippen LogP) is 5.74. The smallest absolute Gasteiger partial charge is 0.193 e. The molecule has 0 radical (unpaired) electrons. The lowest BCUT2D eigenvalue weighted by atomic mass is 10.0. The van der Waals surface area contributed by atoms with Crippen molar-refractivity contribution in [1.29, 1.82) is 0 Å². The predicted molar refractivity (Wildman–Crippen MR) is 99.4 cm³/mol. The van der Waals surface area contributed by atoms with Crippen molar-refractivity contribution in [3.8, 4) is 11.5 Å². The summed E-state index contributed by atoms with van der Waals surface area (Å²) in [6, 6.07) is 22.8. The Morgan fingerprint density at radius 2 is 1.21 bits per heavy atom. The van der Waals surface area contributed by atoms with E-state index in [1.54, 1.807) is 23.9 Å². The number of rotatable bonds is 5. The largest absolute Gasteiger partial charge is 0.457 e. The third-order valence-corrected chi connectivity index (χ3v) is 4.47. The fourth-order valence-corrected chi connectivity index (χ4v) is 2.73. The van der Waals surface area contributed by atoms with Crippen LogP contribution in [0, 0.1) is 6.92 Å². The Kier molecular flexibility index (Phi) is 5.02. The summed E-state index contributed by atoms with van der Waals surface area (Å²) in [4.78, 5) is 13.7. The van der Waals surface area contributed by atoms with E-state index in [-0.39, 0.29) is 5.78 Å². The maximum absolute atomic E-state index is 12.5. The summed E-state index contributed by atoms with van der Waals surface area (Å²) < 4.78 is 5.81. The van der Waals surface area contributed by atoms with Crippen LogP contribution in [0.5, 0.6) is 11.5 Å². The van der Waals surface area contributed by atoms with E-state index in [0.717, 1.165) is 11.3 Å². The Bertz CT molecular complexity index is 819. The molecular formula is C21H18O2S. The van der Waals surface area contributed by atoms with E-state index in [1.165, 1.54) is 4.90 Å². The Morgan fingerprint density at radius 3 is 1.71 bits per heavy atom. The molecule has 0 atom stereocenters. The topological polar surface area (TPSA) is 26.3 Å². The highest BCUT2D eigenvalue weighted by atomic mass is 32.2. The maximum Gasteiger partial charge on any atom is 0.193 e. The first-order chi connectivity index (χ1) is 11.7. The molecule has 0 saturated heterocycles. The zero-order valence-corrected chi connectivity index (χ0v) is 14.5. The zero-order chi connectivity index (χ0) is 16.9. The molecule has 0 N–H and O–H groups in total. The lowest BCUT2D eigenvalue weighted by Crippen LogP contribution is -2.00. The second-order valence-electron chi connectivity index (χ2n) is 5.50. The molecule has 3 aromatic carbocycles. The quantitative estimate of drug-likeness (QED) is 0.439. The van der Waals surface area contributed by atoms with E-state index in [1.807, 2.05) is 73.8 Å². The summed E-state index contributed by atoms with van der Waals surface area (Å²) in [5.74, 6) is 1.52. The molecule has 24 heavy (non-hydrogen) atoms. The number of thioether (sulfide) groups is 1. The van der Waals surface area contributed by atoms with Gasteiger partial charge in [0.15, 0.2) is 5.78 Å². The fourth-order valence-electron chi connectivity index (χ4n) is 2.33. The first kappa shape index (κ1) is 16.3. The van der Waals surface area contributed by atoms with Crippen LogP contribution in [-0.2, 0) is 0 Å². The Balaban J connectivity index is 1.72. The highest BCUT2D eigenvalue weighted by Crippen LogP contribution is 2.25. The van der Waals surface area contributed by atoms with Gasteiger partial charge in [0.1, 0.15) is 11.5 Å². The molecule has 0 aliphatic heterocycles. The van der Waals surface area contributed by atoms with Gasteiger partial charge in [-0.2, -0.15) is 0 Å². The summed E-state index contributed by atoms with van der Waals surface area (Å²) in [6.07, 6.45) is 2.04. The van der Waals surface area contributed by atoms with Gasteiger partial charge >= 0.3 is 0 Å². The average Bonchev–Trinajstić information content (AvgIpc) is 2.63. The van der Waals surface area contributed by atoms with Crippen molar-refractivity contribution in [1.82, 2.24) is 0 Å². The molecule has 0 aliphatic rings. The molecular weight excluding hydrogens is 316 g/mol. The summed E-state index contributed by atoms with van der Waals surface area (Å²) in [6.45, 7) is 2.01. The molecule has 0 amide bonds. The molecule has 3 rings (SSSR count). The van der Waals surface area contributed by atoms with Crippen LogP contribution < -0.4 is 4.74 Å². The SMILES string of the molecule is CSc1ccc(Oc2ccc(C(=O)c3ccc(C)cc3)cc2)cc1. The minimum absolute atomic E-state index is 0.0193. The van der Waals surface area contributed by atoms with E-state index >= 15 is 0 Å². The number of aryl methyl sites for hydroxylation is 1. The van der Waals surface area contributed by atoms with Gasteiger partial charge in [0.25, 0.3) is 0 Å². The number of hydrogen-bond acceptors (Lipinski definition) is 3. The van der Waals surface area contributed by atoms with Gasteiger partial charge in [0.2, 0.25) is 0 Å². The van der Waals surface area contributed by atoms with Crippen molar-refractivity contribution >= 4 is 17.5 Å². The van der Waals surface area contributed by atoms with Crippen LogP contribution in [0.25, 0.3) is 0 Å². The van der Waals surface area contributed by atoms with Gasteiger partial charge in [-0.05, 0) is 61.7 Å². The summed E-state index contributed by atoms with van der Waals surface area (Å²) in [5, 5.41) is 0. The number of ketones is 1. The molecule has 120 valence electrons. The number of benzene rings is 3. The third kappa shape index (κ3) is 3.87. The average molecular weight is 334 g/mol. The summed E-state index contributed by atoms with van der Waals surface area (Å²) in [7, 11) is 0. The van der Waals surface area contributed by atoms with Gasteiger partial charge in [0, 0.05) is 16.0 Å². The second-order valence-corrected chi connectivity index (χ2v) is 6.38. The van der Waals surface area contributed by atoms with Crippen molar-refractivity contribution < 1.29 is 9.53 Å². The first-order valence-electron chi connectivity index (χ1n) is 7.69. The molecule has 0 heterocycles. The van der Waals surface area contributed by atoms with Gasteiger partial charge in [-0.25, -0.2) is 0 Å². The van der Waals surface area contributed by atoms with E-state index in [0.29, 0.717) is 16.9 Å². The summed E-state index contributed by atoms with van der Waals surface area (Å²) in [5.41, 5.74) is 2.49. The van der Waals surface area contributed by atoms with Crippen LogP contribution in [0.15, 0.2) is 77.7 Å². The van der Waals surface area contributed by atoms with E-state index in [2.05, 4.69) is 0 Å². The first-order valence-corrected chi connectivity index (χ1v) is 8.91. The Morgan fingerprint density at radius 1 is 0.750 bits per heavy atom. The third-order valence-electron chi connectivity index (χ3n) is 3.73. The number of hydrogen-bond donors (Lipinski definition) is 0. The van der Waals surface area contributed by atoms with E-state index in [9.17, 15) is 4.79 Å². The van der Waals surface area contributed by atoms with Crippen molar-refractivity contribution in [2.75, 3.05) is 6.26 Å². The van der Waals surface area contributed by atoms with Crippen molar-refractivity contribution in [3.63, 3.8) is 0 Å². The number of carbonyl (C=O) groups excluding carboxylic acids is 1. The minimum Gasteiger partial charge on any atom is -0.457 e. The van der Waals surface area contributed by atoms with Gasteiger partial charge in [-0.3, -0.25) is 4.79 Å². The monoisotopic (exact) mass is 334 g/mol. The molecule has 0 aromatic heterocycles. The summed E-state index contributed by atoms with van der Waals surface area (Å²) >= 11 is 1.69.